The van der Waals surface area contributed by atoms with Crippen LogP contribution < -0.4 is 5.32 Å². The molecular weight excluding hydrogens is 214 g/mol. The Bertz CT molecular complexity index is 223. The first-order valence-corrected chi connectivity index (χ1v) is 6.91. The molecule has 0 atom stereocenters. The van der Waals surface area contributed by atoms with E-state index in [1.807, 2.05) is 0 Å². The van der Waals surface area contributed by atoms with Gasteiger partial charge in [-0.15, -0.1) is 0 Å². The maximum absolute atomic E-state index is 5.35. The minimum Gasteiger partial charge on any atom is -0.379 e. The zero-order valence-electron chi connectivity index (χ0n) is 11.4. The molecule has 0 bridgehead atoms. The monoisotopic (exact) mass is 241 g/mol. The summed E-state index contributed by atoms with van der Waals surface area (Å²) in [6, 6.07) is 0. The van der Waals surface area contributed by atoms with Crippen LogP contribution in [-0.2, 0) is 4.74 Å². The molecule has 1 aliphatic carbocycles. The van der Waals surface area contributed by atoms with Crippen LogP contribution in [0.5, 0.6) is 0 Å². The van der Waals surface area contributed by atoms with Crippen molar-refractivity contribution in [2.24, 2.45) is 0 Å². The number of hydrogen-bond acceptors (Lipinski definition) is 4. The van der Waals surface area contributed by atoms with Crippen LogP contribution in [0.3, 0.4) is 0 Å². The van der Waals surface area contributed by atoms with Gasteiger partial charge in [0.05, 0.1) is 13.2 Å². The van der Waals surface area contributed by atoms with Gasteiger partial charge < -0.3 is 15.0 Å². The molecule has 0 amide bonds. The van der Waals surface area contributed by atoms with Crippen LogP contribution in [0.4, 0.5) is 0 Å². The van der Waals surface area contributed by atoms with Gasteiger partial charge in [0.2, 0.25) is 0 Å². The molecule has 1 saturated heterocycles. The minimum atomic E-state index is 0.449. The molecule has 2 fully saturated rings. The zero-order valence-corrected chi connectivity index (χ0v) is 11.4. The second kappa shape index (κ2) is 6.14. The molecule has 100 valence electrons. The fourth-order valence-electron chi connectivity index (χ4n) is 2.75. The van der Waals surface area contributed by atoms with Crippen molar-refractivity contribution in [3.8, 4) is 0 Å². The number of ether oxygens (including phenoxy) is 1. The largest absolute Gasteiger partial charge is 0.379 e. The van der Waals surface area contributed by atoms with Crippen LogP contribution in [0.15, 0.2) is 0 Å². The van der Waals surface area contributed by atoms with Crippen LogP contribution in [0.2, 0.25) is 0 Å². The van der Waals surface area contributed by atoms with Gasteiger partial charge in [-0.05, 0) is 33.4 Å². The van der Waals surface area contributed by atoms with Gasteiger partial charge in [0, 0.05) is 38.3 Å². The molecule has 4 nitrogen and oxygen atoms in total. The molecule has 1 heterocycles. The average molecular weight is 241 g/mol. The Balaban J connectivity index is 1.59. The lowest BCUT2D eigenvalue weighted by Crippen LogP contribution is -2.57. The van der Waals surface area contributed by atoms with Gasteiger partial charge in [-0.1, -0.05) is 0 Å². The standard InChI is InChI=1S/C13H27N3O/c1-15(2)13(4-3-5-13)12-14-6-7-16-8-10-17-11-9-16/h14H,3-12H2,1-2H3. The lowest BCUT2D eigenvalue weighted by atomic mass is 9.75. The van der Waals surface area contributed by atoms with Crippen LogP contribution in [0, 0.1) is 0 Å². The number of nitrogens with one attached hydrogen (secondary N) is 1. The SMILES string of the molecule is CN(C)C1(CNCCN2CCOCC2)CCC1. The average Bonchev–Trinajstić information content (AvgIpc) is 2.27. The normalized spacial score (nSPS) is 24.9. The summed E-state index contributed by atoms with van der Waals surface area (Å²) in [4.78, 5) is 4.89. The third-order valence-electron chi connectivity index (χ3n) is 4.40. The Morgan fingerprint density at radius 2 is 1.94 bits per heavy atom. The van der Waals surface area contributed by atoms with Gasteiger partial charge in [-0.2, -0.15) is 0 Å². The summed E-state index contributed by atoms with van der Waals surface area (Å²) < 4.78 is 5.35. The van der Waals surface area contributed by atoms with Crippen molar-refractivity contribution < 1.29 is 4.74 Å². The molecule has 0 aromatic heterocycles. The molecule has 17 heavy (non-hydrogen) atoms. The van der Waals surface area contributed by atoms with E-state index in [9.17, 15) is 0 Å². The molecule has 1 N–H and O–H groups in total. The number of likely N-dealkylation sites (N-methyl/N-ethyl adjacent to an activating group) is 1. The van der Waals surface area contributed by atoms with Crippen LogP contribution in [-0.4, -0.2) is 75.4 Å². The summed E-state index contributed by atoms with van der Waals surface area (Å²) >= 11 is 0. The first-order valence-electron chi connectivity index (χ1n) is 6.91. The van der Waals surface area contributed by atoms with Crippen molar-refractivity contribution in [1.29, 1.82) is 0 Å². The highest BCUT2D eigenvalue weighted by molar-refractivity contribution is 4.97. The first kappa shape index (κ1) is 13.3. The van der Waals surface area contributed by atoms with Gasteiger partial charge >= 0.3 is 0 Å². The maximum atomic E-state index is 5.35. The van der Waals surface area contributed by atoms with Gasteiger partial charge in [0.15, 0.2) is 0 Å². The Kier molecular flexibility index (Phi) is 4.79. The summed E-state index contributed by atoms with van der Waals surface area (Å²) in [5.74, 6) is 0. The topological polar surface area (TPSA) is 27.7 Å². The van der Waals surface area contributed by atoms with E-state index in [1.165, 1.54) is 19.3 Å². The van der Waals surface area contributed by atoms with Gasteiger partial charge in [-0.3, -0.25) is 4.90 Å². The summed E-state index contributed by atoms with van der Waals surface area (Å²) in [7, 11) is 4.42. The smallest absolute Gasteiger partial charge is 0.0594 e. The Morgan fingerprint density at radius 3 is 2.47 bits per heavy atom. The second-order valence-electron chi connectivity index (χ2n) is 5.60. The molecule has 4 heteroatoms. The van der Waals surface area contributed by atoms with Crippen molar-refractivity contribution >= 4 is 0 Å². The van der Waals surface area contributed by atoms with Crippen molar-refractivity contribution in [2.75, 3.05) is 60.0 Å². The van der Waals surface area contributed by atoms with Crippen LogP contribution in [0.1, 0.15) is 19.3 Å². The summed E-state index contributed by atoms with van der Waals surface area (Å²) in [6.45, 7) is 7.41. The molecule has 0 spiro atoms. The Morgan fingerprint density at radius 1 is 1.24 bits per heavy atom. The minimum absolute atomic E-state index is 0.449. The highest BCUT2D eigenvalue weighted by atomic mass is 16.5. The maximum Gasteiger partial charge on any atom is 0.0594 e. The second-order valence-corrected chi connectivity index (χ2v) is 5.60. The fourth-order valence-corrected chi connectivity index (χ4v) is 2.75. The van der Waals surface area contributed by atoms with Gasteiger partial charge in [-0.25, -0.2) is 0 Å². The molecule has 0 aromatic carbocycles. The number of hydrogen-bond donors (Lipinski definition) is 1. The zero-order chi connectivity index (χ0) is 12.1. The molecule has 2 aliphatic rings. The lowest BCUT2D eigenvalue weighted by Gasteiger charge is -2.47. The van der Waals surface area contributed by atoms with E-state index in [1.54, 1.807) is 0 Å². The summed E-state index contributed by atoms with van der Waals surface area (Å²) in [6.07, 6.45) is 4.10. The van der Waals surface area contributed by atoms with E-state index in [2.05, 4.69) is 29.2 Å². The highest BCUT2D eigenvalue weighted by Gasteiger charge is 2.38. The lowest BCUT2D eigenvalue weighted by molar-refractivity contribution is 0.0352. The van der Waals surface area contributed by atoms with E-state index in [-0.39, 0.29) is 0 Å². The van der Waals surface area contributed by atoms with E-state index < -0.39 is 0 Å². The third kappa shape index (κ3) is 3.41. The van der Waals surface area contributed by atoms with Crippen molar-refractivity contribution in [2.45, 2.75) is 24.8 Å². The molecule has 0 aromatic rings. The number of nitrogens with zero attached hydrogens (tertiary/aromatic N) is 2. The Labute approximate surface area is 105 Å². The number of rotatable bonds is 6. The summed E-state index contributed by atoms with van der Waals surface area (Å²) in [5.41, 5.74) is 0.449. The van der Waals surface area contributed by atoms with Crippen LogP contribution in [0.25, 0.3) is 0 Å². The molecule has 2 rings (SSSR count). The van der Waals surface area contributed by atoms with E-state index in [0.717, 1.165) is 45.9 Å². The number of morpholine rings is 1. The summed E-state index contributed by atoms with van der Waals surface area (Å²) in [5, 5.41) is 3.63. The first-order chi connectivity index (χ1) is 8.23. The van der Waals surface area contributed by atoms with Gasteiger partial charge in [0.1, 0.15) is 0 Å². The van der Waals surface area contributed by atoms with Crippen LogP contribution >= 0.6 is 0 Å². The molecule has 0 radical (unpaired) electrons. The van der Waals surface area contributed by atoms with Crippen molar-refractivity contribution in [3.05, 3.63) is 0 Å². The predicted molar refractivity (Wildman–Crippen MR) is 70.4 cm³/mol. The fraction of sp³-hybridized carbons (Fsp3) is 1.00. The van der Waals surface area contributed by atoms with Crippen molar-refractivity contribution in [1.82, 2.24) is 15.1 Å². The molecule has 1 aliphatic heterocycles. The predicted octanol–water partition coefficient (Wildman–Crippen LogP) is 0.393. The third-order valence-corrected chi connectivity index (χ3v) is 4.40. The molecular formula is C13H27N3O. The highest BCUT2D eigenvalue weighted by Crippen LogP contribution is 2.35. The van der Waals surface area contributed by atoms with E-state index in [0.29, 0.717) is 5.54 Å². The molecule has 0 unspecified atom stereocenters. The van der Waals surface area contributed by atoms with E-state index in [4.69, 9.17) is 4.74 Å². The molecule has 1 saturated carbocycles. The quantitative estimate of drug-likeness (QED) is 0.681. The Hall–Kier alpha value is -0.160. The van der Waals surface area contributed by atoms with Gasteiger partial charge in [0.25, 0.3) is 0 Å². The van der Waals surface area contributed by atoms with Crippen molar-refractivity contribution in [3.63, 3.8) is 0 Å². The van der Waals surface area contributed by atoms with E-state index >= 15 is 0 Å².